The molecule has 0 aliphatic carbocycles. The molecule has 188 valence electrons. The van der Waals surface area contributed by atoms with E-state index in [-0.39, 0.29) is 19.5 Å². The summed E-state index contributed by atoms with van der Waals surface area (Å²) in [5.41, 5.74) is -5.36. The number of rotatable bonds is 8. The number of ether oxygens (including phenoxy) is 1. The van der Waals surface area contributed by atoms with Crippen molar-refractivity contribution in [2.24, 2.45) is 0 Å². The summed E-state index contributed by atoms with van der Waals surface area (Å²) in [6, 6.07) is 6.39. The predicted octanol–water partition coefficient (Wildman–Crippen LogP) is 4.48. The lowest BCUT2D eigenvalue weighted by molar-refractivity contribution is -0.0500. The highest BCUT2D eigenvalue weighted by Crippen LogP contribution is 2.27. The van der Waals surface area contributed by atoms with E-state index in [1.807, 2.05) is 0 Å². The zero-order chi connectivity index (χ0) is 25.7. The van der Waals surface area contributed by atoms with Crippen molar-refractivity contribution < 1.29 is 40.4 Å². The summed E-state index contributed by atoms with van der Waals surface area (Å²) in [5.74, 6) is -0.506. The van der Waals surface area contributed by atoms with Crippen LogP contribution in [0, 0.1) is 0 Å². The summed E-state index contributed by atoms with van der Waals surface area (Å²) >= 11 is 5.91. The van der Waals surface area contributed by atoms with Gasteiger partial charge in [0.2, 0.25) is 0 Å². The summed E-state index contributed by atoms with van der Waals surface area (Å²) in [5, 5.41) is 10.9. The smallest absolute Gasteiger partial charge is 0.444 e. The fourth-order valence-corrected chi connectivity index (χ4v) is 3.30. The van der Waals surface area contributed by atoms with Gasteiger partial charge in [0.15, 0.2) is 0 Å². The molecule has 0 unspecified atom stereocenters. The van der Waals surface area contributed by atoms with Crippen LogP contribution in [0.2, 0.25) is 5.02 Å². The van der Waals surface area contributed by atoms with Crippen molar-refractivity contribution in [3.63, 3.8) is 0 Å². The fourth-order valence-electron chi connectivity index (χ4n) is 2.66. The lowest BCUT2D eigenvalue weighted by Crippen LogP contribution is -2.40. The molecule has 1 N–H and O–H groups in total. The maximum Gasteiger partial charge on any atom is 0.534 e. The number of aliphatic hydroxyl groups is 1. The molecule has 0 fully saturated rings. The number of halogens is 4. The van der Waals surface area contributed by atoms with E-state index in [4.69, 9.17) is 16.3 Å². The monoisotopic (exact) mass is 524 g/mol. The average Bonchev–Trinajstić information content (AvgIpc) is 2.69. The third-order valence-corrected chi connectivity index (χ3v) is 5.42. The average molecular weight is 525 g/mol. The number of pyridine rings is 1. The number of amides is 1. The number of nitrogens with zero attached hydrogens (tertiary/aromatic N) is 2. The number of alkyl halides is 3. The Morgan fingerprint density at radius 3 is 2.32 bits per heavy atom. The van der Waals surface area contributed by atoms with Crippen molar-refractivity contribution in [1.29, 1.82) is 0 Å². The van der Waals surface area contributed by atoms with Gasteiger partial charge in [-0.2, -0.15) is 21.6 Å². The molecule has 0 spiro atoms. The molecule has 2 rings (SSSR count). The van der Waals surface area contributed by atoms with E-state index in [0.29, 0.717) is 16.1 Å². The van der Waals surface area contributed by atoms with Gasteiger partial charge in [0, 0.05) is 24.5 Å². The highest BCUT2D eigenvalue weighted by Gasteiger charge is 2.48. The van der Waals surface area contributed by atoms with E-state index in [1.54, 1.807) is 20.8 Å². The third kappa shape index (κ3) is 8.33. The number of hydrogen-bond donors (Lipinski definition) is 1. The maximum absolute atomic E-state index is 12.7. The Kier molecular flexibility index (Phi) is 8.78. The quantitative estimate of drug-likeness (QED) is 0.401. The number of aromatic nitrogens is 1. The summed E-state index contributed by atoms with van der Waals surface area (Å²) < 4.78 is 69.0. The summed E-state index contributed by atoms with van der Waals surface area (Å²) in [6.07, 6.45) is 1.25. The number of carbonyl (C=O) groups is 1. The van der Waals surface area contributed by atoms with Gasteiger partial charge < -0.3 is 18.9 Å². The van der Waals surface area contributed by atoms with E-state index in [9.17, 15) is 31.5 Å². The second-order valence-electron chi connectivity index (χ2n) is 8.26. The first-order valence-electron chi connectivity index (χ1n) is 9.93. The Bertz CT molecular complexity index is 1090. The molecular formula is C21H24ClF3N2O6S. The van der Waals surface area contributed by atoms with Gasteiger partial charge in [-0.05, 0) is 51.0 Å². The highest BCUT2D eigenvalue weighted by molar-refractivity contribution is 7.88. The zero-order valence-corrected chi connectivity index (χ0v) is 20.1. The molecule has 1 atom stereocenters. The van der Waals surface area contributed by atoms with E-state index in [1.165, 1.54) is 35.5 Å². The lowest BCUT2D eigenvalue weighted by atomic mass is 10.1. The van der Waals surface area contributed by atoms with Gasteiger partial charge >= 0.3 is 21.7 Å². The summed E-state index contributed by atoms with van der Waals surface area (Å²) in [7, 11) is -5.77. The molecule has 2 aromatic rings. The molecule has 0 bridgehead atoms. The van der Waals surface area contributed by atoms with Crippen LogP contribution in [-0.4, -0.2) is 53.7 Å². The molecule has 8 nitrogen and oxygen atoms in total. The molecule has 1 heterocycles. The zero-order valence-electron chi connectivity index (χ0n) is 18.5. The minimum atomic E-state index is -5.77. The van der Waals surface area contributed by atoms with Crippen molar-refractivity contribution in [1.82, 2.24) is 9.88 Å². The Morgan fingerprint density at radius 2 is 1.79 bits per heavy atom. The molecule has 1 amide bonds. The number of hydrogen-bond acceptors (Lipinski definition) is 7. The van der Waals surface area contributed by atoms with E-state index >= 15 is 0 Å². The molecule has 0 saturated heterocycles. The van der Waals surface area contributed by atoms with Crippen LogP contribution in [0.3, 0.4) is 0 Å². The SMILES string of the molecule is CC(C)(C)OC(=O)N(CCc1ccc(OS(=O)(=O)C(F)(F)F)cc1)C[C@H](O)c1cncc(Cl)c1. The minimum absolute atomic E-state index is 0.0843. The molecule has 1 aromatic carbocycles. The Hall–Kier alpha value is -2.57. The van der Waals surface area contributed by atoms with Gasteiger partial charge in [0.25, 0.3) is 0 Å². The molecule has 1 aromatic heterocycles. The second kappa shape index (κ2) is 10.8. The van der Waals surface area contributed by atoms with Gasteiger partial charge in [-0.1, -0.05) is 23.7 Å². The maximum atomic E-state index is 12.7. The van der Waals surface area contributed by atoms with Crippen molar-refractivity contribution in [3.8, 4) is 5.75 Å². The topological polar surface area (TPSA) is 106 Å². The molecule has 0 aliphatic heterocycles. The molecular weight excluding hydrogens is 501 g/mol. The molecule has 0 radical (unpaired) electrons. The molecule has 13 heteroatoms. The van der Waals surface area contributed by atoms with Crippen LogP contribution >= 0.6 is 11.6 Å². The first kappa shape index (κ1) is 27.7. The standard InChI is InChI=1S/C21H24ClF3N2O6S/c1-20(2,3)32-19(29)27(13-18(28)15-10-16(22)12-26-11-15)9-8-14-4-6-17(7-5-14)33-34(30,31)21(23,24)25/h4-7,10-12,18,28H,8-9,13H2,1-3H3/t18-/m0/s1. The largest absolute Gasteiger partial charge is 0.534 e. The van der Waals surface area contributed by atoms with Crippen LogP contribution in [0.5, 0.6) is 5.75 Å². The van der Waals surface area contributed by atoms with Crippen LogP contribution in [0.15, 0.2) is 42.7 Å². The highest BCUT2D eigenvalue weighted by atomic mass is 35.5. The van der Waals surface area contributed by atoms with Crippen LogP contribution < -0.4 is 4.18 Å². The summed E-state index contributed by atoms with van der Waals surface area (Å²) in [6.45, 7) is 5.01. The number of aliphatic hydroxyl groups excluding tert-OH is 1. The van der Waals surface area contributed by atoms with Gasteiger partial charge in [-0.15, -0.1) is 0 Å². The van der Waals surface area contributed by atoms with Gasteiger partial charge in [-0.3, -0.25) is 4.98 Å². The molecule has 0 saturated carbocycles. The number of benzene rings is 1. The Morgan fingerprint density at radius 1 is 1.18 bits per heavy atom. The fraction of sp³-hybridized carbons (Fsp3) is 0.429. The van der Waals surface area contributed by atoms with Crippen LogP contribution in [0.25, 0.3) is 0 Å². The van der Waals surface area contributed by atoms with Crippen molar-refractivity contribution in [2.45, 2.75) is 44.4 Å². The van der Waals surface area contributed by atoms with Crippen molar-refractivity contribution >= 4 is 27.8 Å². The Labute approximate surface area is 200 Å². The first-order chi connectivity index (χ1) is 15.6. The Balaban J connectivity index is 2.11. The first-order valence-corrected chi connectivity index (χ1v) is 11.7. The van der Waals surface area contributed by atoms with Crippen LogP contribution in [-0.2, 0) is 21.3 Å². The van der Waals surface area contributed by atoms with Gasteiger partial charge in [0.05, 0.1) is 17.7 Å². The second-order valence-corrected chi connectivity index (χ2v) is 10.2. The number of carbonyl (C=O) groups excluding carboxylic acids is 1. The molecule has 34 heavy (non-hydrogen) atoms. The summed E-state index contributed by atoms with van der Waals surface area (Å²) in [4.78, 5) is 17.9. The van der Waals surface area contributed by atoms with Crippen LogP contribution in [0.4, 0.5) is 18.0 Å². The van der Waals surface area contributed by atoms with Crippen molar-refractivity contribution in [2.75, 3.05) is 13.1 Å². The lowest BCUT2D eigenvalue weighted by Gasteiger charge is -2.29. The molecule has 0 aliphatic rings. The van der Waals surface area contributed by atoms with E-state index in [2.05, 4.69) is 9.17 Å². The minimum Gasteiger partial charge on any atom is -0.444 e. The van der Waals surface area contributed by atoms with Gasteiger partial charge in [0.1, 0.15) is 11.4 Å². The van der Waals surface area contributed by atoms with E-state index in [0.717, 1.165) is 12.1 Å². The van der Waals surface area contributed by atoms with Gasteiger partial charge in [-0.25, -0.2) is 4.79 Å². The third-order valence-electron chi connectivity index (χ3n) is 4.24. The van der Waals surface area contributed by atoms with Crippen LogP contribution in [0.1, 0.15) is 38.0 Å². The van der Waals surface area contributed by atoms with E-state index < -0.39 is 39.2 Å². The van der Waals surface area contributed by atoms with Crippen molar-refractivity contribution in [3.05, 3.63) is 58.9 Å². The predicted molar refractivity (Wildman–Crippen MR) is 118 cm³/mol. The normalized spacial score (nSPS) is 13.3.